The highest BCUT2D eigenvalue weighted by atomic mass is 35.5. The quantitative estimate of drug-likeness (QED) is 0.729. The summed E-state index contributed by atoms with van der Waals surface area (Å²) in [5, 5.41) is 3.30. The van der Waals surface area contributed by atoms with E-state index in [1.807, 2.05) is 11.8 Å². The van der Waals surface area contributed by atoms with Crippen LogP contribution in [-0.4, -0.2) is 49.7 Å². The van der Waals surface area contributed by atoms with Crippen LogP contribution in [0.15, 0.2) is 0 Å². The third-order valence-electron chi connectivity index (χ3n) is 2.30. The number of nitrogens with zero attached hydrogens (tertiary/aromatic N) is 1. The molecule has 1 rings (SSSR count). The summed E-state index contributed by atoms with van der Waals surface area (Å²) in [7, 11) is 0. The molecule has 0 aromatic heterocycles. The molecule has 1 N–H and O–H groups in total. The fourth-order valence-corrected chi connectivity index (χ4v) is 1.55. The van der Waals surface area contributed by atoms with E-state index in [4.69, 9.17) is 4.74 Å². The molecule has 0 unspecified atom stereocenters. The van der Waals surface area contributed by atoms with Crippen molar-refractivity contribution in [2.75, 3.05) is 32.8 Å². The van der Waals surface area contributed by atoms with Gasteiger partial charge < -0.3 is 15.0 Å². The maximum absolute atomic E-state index is 11.6. The van der Waals surface area contributed by atoms with Crippen molar-refractivity contribution in [2.45, 2.75) is 26.3 Å². The third kappa shape index (κ3) is 5.35. The van der Waals surface area contributed by atoms with Gasteiger partial charge in [0.15, 0.2) is 0 Å². The van der Waals surface area contributed by atoms with E-state index in [1.165, 1.54) is 0 Å². The summed E-state index contributed by atoms with van der Waals surface area (Å²) in [4.78, 5) is 13.5. The van der Waals surface area contributed by atoms with Gasteiger partial charge in [0.1, 0.15) is 6.61 Å². The maximum atomic E-state index is 11.6. The van der Waals surface area contributed by atoms with E-state index in [-0.39, 0.29) is 24.9 Å². The fraction of sp³-hybridized carbons (Fsp3) is 0.900. The summed E-state index contributed by atoms with van der Waals surface area (Å²) >= 11 is 0. The van der Waals surface area contributed by atoms with Crippen molar-refractivity contribution in [3.63, 3.8) is 0 Å². The first kappa shape index (κ1) is 14.7. The summed E-state index contributed by atoms with van der Waals surface area (Å²) in [5.74, 6) is 0.117. The van der Waals surface area contributed by atoms with Gasteiger partial charge in [-0.2, -0.15) is 0 Å². The van der Waals surface area contributed by atoms with Crippen LogP contribution < -0.4 is 5.32 Å². The number of piperazine rings is 1. The highest BCUT2D eigenvalue weighted by Gasteiger charge is 2.19. The van der Waals surface area contributed by atoms with Gasteiger partial charge in [-0.05, 0) is 13.3 Å². The number of rotatable bonds is 4. The molecule has 0 bridgehead atoms. The van der Waals surface area contributed by atoms with Crippen molar-refractivity contribution in [1.82, 2.24) is 10.2 Å². The van der Waals surface area contributed by atoms with Gasteiger partial charge in [-0.25, -0.2) is 0 Å². The van der Waals surface area contributed by atoms with Crippen LogP contribution in [0.1, 0.15) is 20.3 Å². The smallest absolute Gasteiger partial charge is 0.248 e. The minimum atomic E-state index is 0. The van der Waals surface area contributed by atoms with Gasteiger partial charge in [0.25, 0.3) is 0 Å². The third-order valence-corrected chi connectivity index (χ3v) is 2.30. The SMILES string of the molecule is CCCOCC(=O)N1CCN[C@H](C)C1.Cl. The molecule has 5 heteroatoms. The first-order valence-corrected chi connectivity index (χ1v) is 5.33. The molecular weight excluding hydrogens is 216 g/mol. The Hall–Kier alpha value is -0.320. The van der Waals surface area contributed by atoms with Gasteiger partial charge >= 0.3 is 0 Å². The van der Waals surface area contributed by atoms with Crippen LogP contribution in [-0.2, 0) is 9.53 Å². The molecule has 90 valence electrons. The molecule has 0 radical (unpaired) electrons. The fourth-order valence-electron chi connectivity index (χ4n) is 1.55. The van der Waals surface area contributed by atoms with Gasteiger partial charge in [-0.3, -0.25) is 4.79 Å². The minimum absolute atomic E-state index is 0. The molecule has 0 spiro atoms. The van der Waals surface area contributed by atoms with Crippen molar-refractivity contribution >= 4 is 18.3 Å². The number of nitrogens with one attached hydrogen (secondary N) is 1. The van der Waals surface area contributed by atoms with E-state index in [0.717, 1.165) is 26.1 Å². The second-order valence-corrected chi connectivity index (χ2v) is 3.75. The predicted molar refractivity (Wildman–Crippen MR) is 62.4 cm³/mol. The van der Waals surface area contributed by atoms with Gasteiger partial charge in [-0.15, -0.1) is 12.4 Å². The number of hydrogen-bond donors (Lipinski definition) is 1. The topological polar surface area (TPSA) is 41.6 Å². The number of ether oxygens (including phenoxy) is 1. The van der Waals surface area contributed by atoms with Crippen LogP contribution in [0.5, 0.6) is 0 Å². The Bertz CT molecular complexity index is 190. The van der Waals surface area contributed by atoms with Gasteiger partial charge in [0.05, 0.1) is 0 Å². The molecule has 0 aromatic rings. The average Bonchev–Trinajstić information content (AvgIpc) is 2.18. The van der Waals surface area contributed by atoms with Crippen LogP contribution in [0.25, 0.3) is 0 Å². The summed E-state index contributed by atoms with van der Waals surface area (Å²) < 4.78 is 5.22. The molecule has 15 heavy (non-hydrogen) atoms. The molecule has 1 atom stereocenters. The monoisotopic (exact) mass is 236 g/mol. The number of amides is 1. The van der Waals surface area contributed by atoms with E-state index in [0.29, 0.717) is 12.6 Å². The van der Waals surface area contributed by atoms with Gasteiger partial charge in [-0.1, -0.05) is 6.92 Å². The number of halogens is 1. The van der Waals surface area contributed by atoms with Crippen molar-refractivity contribution in [1.29, 1.82) is 0 Å². The zero-order chi connectivity index (χ0) is 10.4. The largest absolute Gasteiger partial charge is 0.372 e. The van der Waals surface area contributed by atoms with Crippen molar-refractivity contribution < 1.29 is 9.53 Å². The zero-order valence-electron chi connectivity index (χ0n) is 9.49. The Morgan fingerprint density at radius 3 is 2.93 bits per heavy atom. The predicted octanol–water partition coefficient (Wildman–Crippen LogP) is 0.655. The number of carbonyl (C=O) groups is 1. The van der Waals surface area contributed by atoms with E-state index < -0.39 is 0 Å². The molecular formula is C10H21ClN2O2. The Morgan fingerprint density at radius 2 is 2.33 bits per heavy atom. The Kier molecular flexibility index (Phi) is 7.74. The summed E-state index contributed by atoms with van der Waals surface area (Å²) in [5.41, 5.74) is 0. The summed E-state index contributed by atoms with van der Waals surface area (Å²) in [6.07, 6.45) is 0.964. The van der Waals surface area contributed by atoms with E-state index in [1.54, 1.807) is 0 Å². The lowest BCUT2D eigenvalue weighted by atomic mass is 10.2. The van der Waals surface area contributed by atoms with Crippen LogP contribution in [0.2, 0.25) is 0 Å². The van der Waals surface area contributed by atoms with Crippen LogP contribution >= 0.6 is 12.4 Å². The molecule has 0 aromatic carbocycles. The first-order valence-electron chi connectivity index (χ1n) is 5.33. The molecule has 1 aliphatic rings. The lowest BCUT2D eigenvalue weighted by Gasteiger charge is -2.31. The Labute approximate surface area is 97.8 Å². The van der Waals surface area contributed by atoms with Crippen LogP contribution in [0.3, 0.4) is 0 Å². The van der Waals surface area contributed by atoms with Gasteiger partial charge in [0.2, 0.25) is 5.91 Å². The minimum Gasteiger partial charge on any atom is -0.372 e. The number of hydrogen-bond acceptors (Lipinski definition) is 3. The second-order valence-electron chi connectivity index (χ2n) is 3.75. The molecule has 1 aliphatic heterocycles. The highest BCUT2D eigenvalue weighted by molar-refractivity contribution is 5.85. The maximum Gasteiger partial charge on any atom is 0.248 e. The normalized spacial score (nSPS) is 20.9. The molecule has 1 saturated heterocycles. The summed E-state index contributed by atoms with van der Waals surface area (Å²) in [6, 6.07) is 0.402. The molecule has 1 heterocycles. The molecule has 0 aliphatic carbocycles. The number of carbonyl (C=O) groups excluding carboxylic acids is 1. The molecule has 0 saturated carbocycles. The Morgan fingerprint density at radius 1 is 1.60 bits per heavy atom. The molecule has 1 fully saturated rings. The van der Waals surface area contributed by atoms with E-state index in [2.05, 4.69) is 12.2 Å². The highest BCUT2D eigenvalue weighted by Crippen LogP contribution is 1.99. The van der Waals surface area contributed by atoms with Crippen molar-refractivity contribution in [3.05, 3.63) is 0 Å². The first-order chi connectivity index (χ1) is 6.74. The average molecular weight is 237 g/mol. The van der Waals surface area contributed by atoms with Crippen molar-refractivity contribution in [2.24, 2.45) is 0 Å². The second kappa shape index (κ2) is 7.91. The van der Waals surface area contributed by atoms with E-state index in [9.17, 15) is 4.79 Å². The van der Waals surface area contributed by atoms with Crippen molar-refractivity contribution in [3.8, 4) is 0 Å². The standard InChI is InChI=1S/C10H20N2O2.ClH/c1-3-6-14-8-10(13)12-5-4-11-9(2)7-12;/h9,11H,3-8H2,1-2H3;1H/t9-;/m1./s1. The van der Waals surface area contributed by atoms with Gasteiger partial charge in [0, 0.05) is 32.3 Å². The lowest BCUT2D eigenvalue weighted by Crippen LogP contribution is -2.52. The lowest BCUT2D eigenvalue weighted by molar-refractivity contribution is -0.137. The van der Waals surface area contributed by atoms with Crippen LogP contribution in [0.4, 0.5) is 0 Å². The molecule has 1 amide bonds. The Balaban J connectivity index is 0.00000196. The zero-order valence-corrected chi connectivity index (χ0v) is 10.3. The molecule has 4 nitrogen and oxygen atoms in total. The van der Waals surface area contributed by atoms with Crippen LogP contribution in [0, 0.1) is 0 Å². The van der Waals surface area contributed by atoms with E-state index >= 15 is 0 Å². The summed E-state index contributed by atoms with van der Waals surface area (Å²) in [6.45, 7) is 7.53.